The zero-order valence-electron chi connectivity index (χ0n) is 21.5. The number of hydrogen-bond acceptors (Lipinski definition) is 3. The van der Waals surface area contributed by atoms with Gasteiger partial charge < -0.3 is 10.2 Å². The Bertz CT molecular complexity index is 1410. The molecule has 2 amide bonds. The third-order valence-corrected chi connectivity index (χ3v) is 6.49. The lowest BCUT2D eigenvalue weighted by Gasteiger charge is -2.23. The molecule has 0 radical (unpaired) electrons. The standard InChI is InChI=1S/C30H31BrN4O2/c1-21-11-8-9-16-25(21)35-27(18-26(33-35)30(2,3)4)32-28(36)20-34(19-22-12-6-5-7-13-22)29(37)23-14-10-15-24(31)17-23/h5-18H,19-20H2,1-4H3,(H,32,36). The lowest BCUT2D eigenvalue weighted by Crippen LogP contribution is -2.37. The van der Waals surface area contributed by atoms with Gasteiger partial charge in [-0.25, -0.2) is 4.68 Å². The normalized spacial score (nSPS) is 11.3. The molecule has 0 saturated heterocycles. The summed E-state index contributed by atoms with van der Waals surface area (Å²) in [5.74, 6) is 0.0522. The molecule has 0 saturated carbocycles. The molecule has 0 aliphatic carbocycles. The summed E-state index contributed by atoms with van der Waals surface area (Å²) in [6.07, 6.45) is 0. The average molecular weight is 560 g/mol. The van der Waals surface area contributed by atoms with Crippen molar-refractivity contribution in [1.82, 2.24) is 14.7 Å². The summed E-state index contributed by atoms with van der Waals surface area (Å²) in [4.78, 5) is 28.4. The van der Waals surface area contributed by atoms with Gasteiger partial charge in [-0.1, -0.05) is 91.3 Å². The van der Waals surface area contributed by atoms with E-state index in [0.29, 0.717) is 17.9 Å². The van der Waals surface area contributed by atoms with E-state index >= 15 is 0 Å². The largest absolute Gasteiger partial charge is 0.325 e. The number of para-hydroxylation sites is 1. The number of hydrogen-bond donors (Lipinski definition) is 1. The fraction of sp³-hybridized carbons (Fsp3) is 0.233. The van der Waals surface area contributed by atoms with Gasteiger partial charge in [-0.3, -0.25) is 9.59 Å². The number of anilines is 1. The topological polar surface area (TPSA) is 67.2 Å². The Morgan fingerprint density at radius 3 is 2.32 bits per heavy atom. The Morgan fingerprint density at radius 2 is 1.65 bits per heavy atom. The molecule has 1 aromatic heterocycles. The van der Waals surface area contributed by atoms with Crippen LogP contribution < -0.4 is 5.32 Å². The molecule has 4 aromatic rings. The molecule has 0 aliphatic heterocycles. The van der Waals surface area contributed by atoms with Crippen LogP contribution in [0.25, 0.3) is 5.69 Å². The molecule has 0 spiro atoms. The quantitative estimate of drug-likeness (QED) is 0.280. The number of benzene rings is 3. The number of carbonyl (C=O) groups is 2. The second-order valence-electron chi connectivity index (χ2n) is 10.1. The molecule has 0 bridgehead atoms. The van der Waals surface area contributed by atoms with Crippen LogP contribution in [-0.2, 0) is 16.8 Å². The summed E-state index contributed by atoms with van der Waals surface area (Å²) in [6, 6.07) is 26.7. The first kappa shape index (κ1) is 26.4. The van der Waals surface area contributed by atoms with Crippen LogP contribution >= 0.6 is 15.9 Å². The number of carbonyl (C=O) groups excluding carboxylic acids is 2. The fourth-order valence-electron chi connectivity index (χ4n) is 3.98. The zero-order chi connectivity index (χ0) is 26.6. The Hall–Kier alpha value is -3.71. The first-order valence-electron chi connectivity index (χ1n) is 12.2. The molecule has 1 N–H and O–H groups in total. The van der Waals surface area contributed by atoms with Crippen molar-refractivity contribution in [2.75, 3.05) is 11.9 Å². The van der Waals surface area contributed by atoms with Crippen LogP contribution in [0.3, 0.4) is 0 Å². The summed E-state index contributed by atoms with van der Waals surface area (Å²) >= 11 is 3.44. The second kappa shape index (κ2) is 11.1. The van der Waals surface area contributed by atoms with Crippen LogP contribution in [0.1, 0.15) is 48.0 Å². The first-order chi connectivity index (χ1) is 17.6. The van der Waals surface area contributed by atoms with Crippen molar-refractivity contribution in [1.29, 1.82) is 0 Å². The number of amides is 2. The van der Waals surface area contributed by atoms with Crippen LogP contribution in [0.2, 0.25) is 0 Å². The number of halogens is 1. The molecule has 1 heterocycles. The van der Waals surface area contributed by atoms with Gasteiger partial charge >= 0.3 is 0 Å². The Morgan fingerprint density at radius 1 is 0.946 bits per heavy atom. The number of nitrogens with zero attached hydrogens (tertiary/aromatic N) is 3. The molecule has 7 heteroatoms. The fourth-order valence-corrected chi connectivity index (χ4v) is 4.38. The zero-order valence-corrected chi connectivity index (χ0v) is 23.1. The molecule has 190 valence electrons. The summed E-state index contributed by atoms with van der Waals surface area (Å²) in [5.41, 5.74) is 4.04. The van der Waals surface area contributed by atoms with E-state index in [9.17, 15) is 9.59 Å². The lowest BCUT2D eigenvalue weighted by molar-refractivity contribution is -0.117. The number of aryl methyl sites for hydroxylation is 1. The van der Waals surface area contributed by atoms with Crippen molar-refractivity contribution < 1.29 is 9.59 Å². The maximum Gasteiger partial charge on any atom is 0.254 e. The highest BCUT2D eigenvalue weighted by Gasteiger charge is 2.24. The van der Waals surface area contributed by atoms with Crippen molar-refractivity contribution in [2.45, 2.75) is 39.7 Å². The van der Waals surface area contributed by atoms with E-state index < -0.39 is 0 Å². The van der Waals surface area contributed by atoms with E-state index in [1.165, 1.54) is 0 Å². The number of rotatable bonds is 7. The Labute approximate surface area is 226 Å². The minimum atomic E-state index is -0.297. The highest BCUT2D eigenvalue weighted by molar-refractivity contribution is 9.10. The predicted octanol–water partition coefficient (Wildman–Crippen LogP) is 6.52. The summed E-state index contributed by atoms with van der Waals surface area (Å²) in [7, 11) is 0. The van der Waals surface area contributed by atoms with Gasteiger partial charge in [0.2, 0.25) is 5.91 Å². The predicted molar refractivity (Wildman–Crippen MR) is 151 cm³/mol. The molecular formula is C30H31BrN4O2. The van der Waals surface area contributed by atoms with Crippen LogP contribution in [0.4, 0.5) is 5.82 Å². The minimum Gasteiger partial charge on any atom is -0.325 e. The molecule has 6 nitrogen and oxygen atoms in total. The van der Waals surface area contributed by atoms with Gasteiger partial charge in [-0.15, -0.1) is 0 Å². The number of nitrogens with one attached hydrogen (secondary N) is 1. The van der Waals surface area contributed by atoms with Gasteiger partial charge in [0.05, 0.1) is 11.4 Å². The van der Waals surface area contributed by atoms with Gasteiger partial charge in [0, 0.05) is 28.1 Å². The van der Waals surface area contributed by atoms with Crippen molar-refractivity contribution >= 4 is 33.6 Å². The molecule has 4 rings (SSSR count). The van der Waals surface area contributed by atoms with E-state index in [-0.39, 0.29) is 23.8 Å². The van der Waals surface area contributed by atoms with Gasteiger partial charge in [0.25, 0.3) is 5.91 Å². The first-order valence-corrected chi connectivity index (χ1v) is 13.0. The molecule has 0 fully saturated rings. The van der Waals surface area contributed by atoms with Crippen LogP contribution in [0.15, 0.2) is 89.4 Å². The maximum absolute atomic E-state index is 13.5. The molecular weight excluding hydrogens is 528 g/mol. The van der Waals surface area contributed by atoms with E-state index in [1.807, 2.05) is 79.7 Å². The van der Waals surface area contributed by atoms with Crippen molar-refractivity contribution in [3.63, 3.8) is 0 Å². The maximum atomic E-state index is 13.5. The summed E-state index contributed by atoms with van der Waals surface area (Å²) < 4.78 is 2.57. The highest BCUT2D eigenvalue weighted by atomic mass is 79.9. The molecule has 0 atom stereocenters. The van der Waals surface area contributed by atoms with Gasteiger partial charge in [0.1, 0.15) is 12.4 Å². The average Bonchev–Trinajstić information content (AvgIpc) is 3.28. The number of aromatic nitrogens is 2. The highest BCUT2D eigenvalue weighted by Crippen LogP contribution is 2.27. The molecule has 37 heavy (non-hydrogen) atoms. The van der Waals surface area contributed by atoms with Crippen molar-refractivity contribution in [3.8, 4) is 5.69 Å². The third kappa shape index (κ3) is 6.54. The van der Waals surface area contributed by atoms with Gasteiger partial charge in [-0.05, 0) is 42.3 Å². The van der Waals surface area contributed by atoms with Gasteiger partial charge in [-0.2, -0.15) is 5.10 Å². The Kier molecular flexibility index (Phi) is 7.93. The smallest absolute Gasteiger partial charge is 0.254 e. The van der Waals surface area contributed by atoms with E-state index in [4.69, 9.17) is 5.10 Å². The van der Waals surface area contributed by atoms with E-state index in [0.717, 1.165) is 27.0 Å². The van der Waals surface area contributed by atoms with Crippen molar-refractivity contribution in [3.05, 3.63) is 112 Å². The van der Waals surface area contributed by atoms with Crippen LogP contribution in [0.5, 0.6) is 0 Å². The Balaban J connectivity index is 1.63. The van der Waals surface area contributed by atoms with E-state index in [2.05, 4.69) is 42.0 Å². The molecule has 3 aromatic carbocycles. The van der Waals surface area contributed by atoms with Crippen LogP contribution in [-0.4, -0.2) is 33.0 Å². The van der Waals surface area contributed by atoms with Gasteiger partial charge in [0.15, 0.2) is 0 Å². The third-order valence-electron chi connectivity index (χ3n) is 6.00. The molecule has 0 unspecified atom stereocenters. The van der Waals surface area contributed by atoms with Crippen LogP contribution in [0, 0.1) is 6.92 Å². The monoisotopic (exact) mass is 558 g/mol. The molecule has 0 aliphatic rings. The SMILES string of the molecule is Cc1ccccc1-n1nc(C(C)(C)C)cc1NC(=O)CN(Cc1ccccc1)C(=O)c1cccc(Br)c1. The van der Waals surface area contributed by atoms with Crippen molar-refractivity contribution in [2.24, 2.45) is 0 Å². The summed E-state index contributed by atoms with van der Waals surface area (Å²) in [5, 5.41) is 7.84. The lowest BCUT2D eigenvalue weighted by atomic mass is 9.92. The minimum absolute atomic E-state index is 0.107. The second-order valence-corrected chi connectivity index (χ2v) is 11.0. The van der Waals surface area contributed by atoms with E-state index in [1.54, 1.807) is 21.7 Å². The summed E-state index contributed by atoms with van der Waals surface area (Å²) in [6.45, 7) is 8.47.